The summed E-state index contributed by atoms with van der Waals surface area (Å²) in [4.78, 5) is 27.5. The summed E-state index contributed by atoms with van der Waals surface area (Å²) < 4.78 is 6.16. The zero-order chi connectivity index (χ0) is 24.8. The molecule has 1 amide bonds. The number of aromatic nitrogens is 1. The zero-order valence-corrected chi connectivity index (χ0v) is 20.3. The Morgan fingerprint density at radius 1 is 1.09 bits per heavy atom. The molecule has 0 bridgehead atoms. The van der Waals surface area contributed by atoms with Crippen LogP contribution in [0.15, 0.2) is 53.1 Å². The van der Waals surface area contributed by atoms with Gasteiger partial charge in [0, 0.05) is 29.6 Å². The highest BCUT2D eigenvalue weighted by molar-refractivity contribution is 5.94. The summed E-state index contributed by atoms with van der Waals surface area (Å²) in [7, 11) is 0. The van der Waals surface area contributed by atoms with Gasteiger partial charge in [0.1, 0.15) is 11.5 Å². The lowest BCUT2D eigenvalue weighted by atomic mass is 9.81. The standard InChI is InChI=1S/C28H33N3O4/c1-18-8-13-24(30-17-18)25-16-23(19(2)35-25)27(20-6-4-3-5-7-20)31-22-11-9-21(10-12-22)28(34)29-15-14-26(32)33/h8-13,16-17,20,27,31H,3-7,14-15H2,1-2H3,(H,29,34)(H,32,33). The Hall–Kier alpha value is -3.61. The average Bonchev–Trinajstić information content (AvgIpc) is 3.24. The molecule has 0 saturated heterocycles. The second-order valence-electron chi connectivity index (χ2n) is 9.34. The second kappa shape index (κ2) is 11.2. The van der Waals surface area contributed by atoms with E-state index in [-0.39, 0.29) is 24.9 Å². The van der Waals surface area contributed by atoms with Crippen molar-refractivity contribution in [3.05, 3.63) is 71.1 Å². The summed E-state index contributed by atoms with van der Waals surface area (Å²) in [5.74, 6) is 0.934. The van der Waals surface area contributed by atoms with Gasteiger partial charge in [-0.2, -0.15) is 0 Å². The molecule has 1 atom stereocenters. The number of hydrogen-bond acceptors (Lipinski definition) is 5. The van der Waals surface area contributed by atoms with Gasteiger partial charge in [-0.25, -0.2) is 0 Å². The van der Waals surface area contributed by atoms with Crippen LogP contribution in [0.2, 0.25) is 0 Å². The molecule has 7 nitrogen and oxygen atoms in total. The lowest BCUT2D eigenvalue weighted by Gasteiger charge is -2.31. The van der Waals surface area contributed by atoms with Crippen molar-refractivity contribution >= 4 is 17.6 Å². The van der Waals surface area contributed by atoms with Gasteiger partial charge in [0.2, 0.25) is 0 Å². The molecule has 4 rings (SSSR count). The molecule has 1 aliphatic carbocycles. The summed E-state index contributed by atoms with van der Waals surface area (Å²) in [6.45, 7) is 4.13. The third-order valence-corrected chi connectivity index (χ3v) is 6.67. The maximum Gasteiger partial charge on any atom is 0.305 e. The van der Waals surface area contributed by atoms with Crippen LogP contribution in [0.25, 0.3) is 11.5 Å². The molecule has 1 fully saturated rings. The van der Waals surface area contributed by atoms with Crippen molar-refractivity contribution < 1.29 is 19.1 Å². The third kappa shape index (κ3) is 6.29. The Labute approximate surface area is 206 Å². The average molecular weight is 476 g/mol. The molecule has 35 heavy (non-hydrogen) atoms. The van der Waals surface area contributed by atoms with E-state index in [9.17, 15) is 9.59 Å². The molecule has 184 valence electrons. The third-order valence-electron chi connectivity index (χ3n) is 6.67. The Bertz CT molecular complexity index is 1150. The summed E-state index contributed by atoms with van der Waals surface area (Å²) in [5.41, 5.74) is 4.51. The predicted molar refractivity (Wildman–Crippen MR) is 135 cm³/mol. The van der Waals surface area contributed by atoms with Crippen LogP contribution in [0.3, 0.4) is 0 Å². The number of amides is 1. The van der Waals surface area contributed by atoms with Gasteiger partial charge in [-0.05, 0) is 74.6 Å². The van der Waals surface area contributed by atoms with Gasteiger partial charge in [-0.15, -0.1) is 0 Å². The molecule has 1 saturated carbocycles. The van der Waals surface area contributed by atoms with Crippen molar-refractivity contribution in [3.8, 4) is 11.5 Å². The molecular weight excluding hydrogens is 442 g/mol. The van der Waals surface area contributed by atoms with Crippen LogP contribution in [0.4, 0.5) is 5.69 Å². The summed E-state index contributed by atoms with van der Waals surface area (Å²) >= 11 is 0. The summed E-state index contributed by atoms with van der Waals surface area (Å²) in [6.07, 6.45) is 7.79. The van der Waals surface area contributed by atoms with Crippen molar-refractivity contribution in [2.45, 2.75) is 58.4 Å². The highest BCUT2D eigenvalue weighted by atomic mass is 16.4. The normalized spacial score (nSPS) is 14.9. The molecule has 1 aromatic carbocycles. The molecular formula is C28H33N3O4. The van der Waals surface area contributed by atoms with Crippen LogP contribution < -0.4 is 10.6 Å². The fraction of sp³-hybridized carbons (Fsp3) is 0.393. The van der Waals surface area contributed by atoms with Gasteiger partial charge in [-0.3, -0.25) is 14.6 Å². The van der Waals surface area contributed by atoms with E-state index >= 15 is 0 Å². The van der Waals surface area contributed by atoms with E-state index in [2.05, 4.69) is 21.7 Å². The SMILES string of the molecule is Cc1ccc(-c2cc(C(Nc3ccc(C(=O)NCCC(=O)O)cc3)C3CCCCC3)c(C)o2)nc1. The lowest BCUT2D eigenvalue weighted by Crippen LogP contribution is -2.26. The number of pyridine rings is 1. The first kappa shape index (κ1) is 24.5. The largest absolute Gasteiger partial charge is 0.481 e. The monoisotopic (exact) mass is 475 g/mol. The smallest absolute Gasteiger partial charge is 0.305 e. The number of furan rings is 1. The van der Waals surface area contributed by atoms with Crippen LogP contribution in [0, 0.1) is 19.8 Å². The number of rotatable bonds is 9. The molecule has 0 radical (unpaired) electrons. The molecule has 2 heterocycles. The number of carbonyl (C=O) groups is 2. The minimum atomic E-state index is -0.936. The zero-order valence-electron chi connectivity index (χ0n) is 20.3. The molecule has 1 aliphatic rings. The topological polar surface area (TPSA) is 104 Å². The van der Waals surface area contributed by atoms with E-state index in [0.717, 1.165) is 46.9 Å². The molecule has 3 N–H and O–H groups in total. The number of aryl methyl sites for hydroxylation is 2. The van der Waals surface area contributed by atoms with Crippen molar-refractivity contribution in [1.82, 2.24) is 10.3 Å². The van der Waals surface area contributed by atoms with E-state index in [0.29, 0.717) is 11.5 Å². The van der Waals surface area contributed by atoms with E-state index in [1.165, 1.54) is 19.3 Å². The van der Waals surface area contributed by atoms with E-state index in [1.54, 1.807) is 12.1 Å². The number of carboxylic acid groups (broad SMARTS) is 1. The molecule has 1 unspecified atom stereocenters. The van der Waals surface area contributed by atoms with Gasteiger partial charge in [0.15, 0.2) is 5.76 Å². The number of carbonyl (C=O) groups excluding carboxylic acids is 1. The number of nitrogens with one attached hydrogen (secondary N) is 2. The number of anilines is 1. The maximum absolute atomic E-state index is 12.3. The van der Waals surface area contributed by atoms with Crippen LogP contribution in [0.1, 0.15) is 71.8 Å². The van der Waals surface area contributed by atoms with Crippen LogP contribution in [-0.2, 0) is 4.79 Å². The lowest BCUT2D eigenvalue weighted by molar-refractivity contribution is -0.136. The van der Waals surface area contributed by atoms with E-state index < -0.39 is 5.97 Å². The Morgan fingerprint density at radius 2 is 1.83 bits per heavy atom. The predicted octanol–water partition coefficient (Wildman–Crippen LogP) is 5.90. The fourth-order valence-corrected chi connectivity index (χ4v) is 4.74. The molecule has 2 aromatic heterocycles. The number of carboxylic acids is 1. The van der Waals surface area contributed by atoms with Crippen LogP contribution in [-0.4, -0.2) is 28.5 Å². The number of nitrogens with zero attached hydrogens (tertiary/aromatic N) is 1. The minimum Gasteiger partial charge on any atom is -0.481 e. The first-order valence-electron chi connectivity index (χ1n) is 12.3. The molecule has 7 heteroatoms. The van der Waals surface area contributed by atoms with Crippen LogP contribution in [0.5, 0.6) is 0 Å². The number of hydrogen-bond donors (Lipinski definition) is 3. The first-order chi connectivity index (χ1) is 16.9. The van der Waals surface area contributed by atoms with Crippen molar-refractivity contribution in [1.29, 1.82) is 0 Å². The van der Waals surface area contributed by atoms with Gasteiger partial charge in [0.25, 0.3) is 5.91 Å². The molecule has 3 aromatic rings. The van der Waals surface area contributed by atoms with Gasteiger partial charge >= 0.3 is 5.97 Å². The Morgan fingerprint density at radius 3 is 2.49 bits per heavy atom. The quantitative estimate of drug-likeness (QED) is 0.356. The van der Waals surface area contributed by atoms with E-state index in [4.69, 9.17) is 9.52 Å². The number of benzene rings is 1. The highest BCUT2D eigenvalue weighted by Crippen LogP contribution is 2.40. The fourth-order valence-electron chi connectivity index (χ4n) is 4.74. The maximum atomic E-state index is 12.3. The molecule has 0 aliphatic heterocycles. The Balaban J connectivity index is 1.54. The first-order valence-corrected chi connectivity index (χ1v) is 12.3. The summed E-state index contributed by atoms with van der Waals surface area (Å²) in [6, 6.07) is 13.6. The highest BCUT2D eigenvalue weighted by Gasteiger charge is 2.28. The number of aliphatic carboxylic acids is 1. The van der Waals surface area contributed by atoms with Crippen LogP contribution >= 0.6 is 0 Å². The van der Waals surface area contributed by atoms with Crippen molar-refractivity contribution in [2.24, 2.45) is 5.92 Å². The summed E-state index contributed by atoms with van der Waals surface area (Å²) in [5, 5.41) is 15.1. The van der Waals surface area contributed by atoms with Gasteiger partial charge in [0.05, 0.1) is 12.5 Å². The van der Waals surface area contributed by atoms with Crippen molar-refractivity contribution in [3.63, 3.8) is 0 Å². The van der Waals surface area contributed by atoms with Gasteiger partial charge in [-0.1, -0.05) is 25.3 Å². The Kier molecular flexibility index (Phi) is 7.85. The van der Waals surface area contributed by atoms with Gasteiger partial charge < -0.3 is 20.2 Å². The molecule has 0 spiro atoms. The minimum absolute atomic E-state index is 0.0912. The van der Waals surface area contributed by atoms with E-state index in [1.807, 2.05) is 44.3 Å². The second-order valence-corrected chi connectivity index (χ2v) is 9.34. The van der Waals surface area contributed by atoms with Crippen molar-refractivity contribution in [2.75, 3.05) is 11.9 Å².